The minimum atomic E-state index is -0.837. The molecule has 0 nitrogen and oxygen atoms in total. The Bertz CT molecular complexity index is 1050. The van der Waals surface area contributed by atoms with Gasteiger partial charge in [0, 0.05) is 0 Å². The fourth-order valence-corrected chi connectivity index (χ4v) is 9.30. The Morgan fingerprint density at radius 2 is 1.52 bits per heavy atom. The molecule has 0 aromatic heterocycles. The smallest absolute Gasteiger partial charge is 1.00 e. The van der Waals surface area contributed by atoms with E-state index in [1.807, 2.05) is 0 Å². The summed E-state index contributed by atoms with van der Waals surface area (Å²) in [7, 11) is 0. The molecule has 3 heteroatoms. The molecular weight excluding hydrogens is 498 g/mol. The zero-order valence-electron chi connectivity index (χ0n) is 20.1. The molecule has 31 heavy (non-hydrogen) atoms. The van der Waals surface area contributed by atoms with E-state index in [9.17, 15) is 0 Å². The van der Waals surface area contributed by atoms with Crippen LogP contribution in [-0.2, 0) is 40.5 Å². The van der Waals surface area contributed by atoms with E-state index >= 15 is 0 Å². The predicted molar refractivity (Wildman–Crippen MR) is 123 cm³/mol. The van der Waals surface area contributed by atoms with Crippen molar-refractivity contribution in [1.82, 2.24) is 0 Å². The fourth-order valence-electron chi connectivity index (χ4n) is 4.71. The molecule has 1 unspecified atom stereocenters. The molecular formula is C28H34Cl2Zr. The van der Waals surface area contributed by atoms with Crippen LogP contribution in [0, 0.1) is 5.92 Å². The van der Waals surface area contributed by atoms with Crippen LogP contribution in [0.5, 0.6) is 0 Å². The van der Waals surface area contributed by atoms with Crippen LogP contribution in [0.4, 0.5) is 0 Å². The summed E-state index contributed by atoms with van der Waals surface area (Å²) in [5, 5.41) is 0. The zero-order chi connectivity index (χ0) is 21.1. The van der Waals surface area contributed by atoms with Crippen molar-refractivity contribution in [3.05, 3.63) is 73.6 Å². The van der Waals surface area contributed by atoms with Gasteiger partial charge in [0.15, 0.2) is 0 Å². The summed E-state index contributed by atoms with van der Waals surface area (Å²) < 4.78 is 3.48. The molecule has 4 rings (SSSR count). The summed E-state index contributed by atoms with van der Waals surface area (Å²) >= 11 is -0.837. The van der Waals surface area contributed by atoms with E-state index in [1.54, 1.807) is 17.7 Å². The second-order valence-electron chi connectivity index (χ2n) is 11.0. The van der Waals surface area contributed by atoms with Crippen LogP contribution in [0.15, 0.2) is 51.3 Å². The average molecular weight is 533 g/mol. The minimum absolute atomic E-state index is 0. The van der Waals surface area contributed by atoms with Gasteiger partial charge in [-0.15, -0.1) is 0 Å². The molecule has 2 aliphatic rings. The SMILES string of the molecule is CC1=CC(C)[C]([Zr+2][c]2c(C(C)(C)C)ccc3c2Cc2cc(C(C)(C)C)ccc2-3)=C1.[Cl-].[Cl-]. The molecule has 0 amide bonds. The Morgan fingerprint density at radius 1 is 0.871 bits per heavy atom. The Kier molecular flexibility index (Phi) is 8.01. The first-order valence-corrected chi connectivity index (χ1v) is 13.4. The quantitative estimate of drug-likeness (QED) is 0.463. The van der Waals surface area contributed by atoms with Crippen molar-refractivity contribution in [2.45, 2.75) is 72.6 Å². The van der Waals surface area contributed by atoms with Crippen LogP contribution < -0.4 is 28.1 Å². The number of rotatable bonds is 2. The van der Waals surface area contributed by atoms with Gasteiger partial charge in [0.1, 0.15) is 0 Å². The largest absolute Gasteiger partial charge is 1.00 e. The van der Waals surface area contributed by atoms with Gasteiger partial charge in [0.05, 0.1) is 0 Å². The maximum Gasteiger partial charge on any atom is -1.00 e. The summed E-state index contributed by atoms with van der Waals surface area (Å²) in [5.74, 6) is 0.626. The first kappa shape index (κ1) is 26.6. The normalized spacial score (nSPS) is 17.0. The van der Waals surface area contributed by atoms with Crippen LogP contribution in [0.25, 0.3) is 11.1 Å². The second kappa shape index (κ2) is 9.32. The maximum absolute atomic E-state index is 2.49. The summed E-state index contributed by atoms with van der Waals surface area (Å²) in [6.45, 7) is 18.7. The third-order valence-corrected chi connectivity index (χ3v) is 10.6. The third-order valence-electron chi connectivity index (χ3n) is 6.41. The molecule has 0 saturated heterocycles. The maximum atomic E-state index is 2.49. The molecule has 1 atom stereocenters. The van der Waals surface area contributed by atoms with Crippen LogP contribution >= 0.6 is 0 Å². The van der Waals surface area contributed by atoms with Gasteiger partial charge in [-0.2, -0.15) is 0 Å². The Morgan fingerprint density at radius 3 is 2.06 bits per heavy atom. The number of halogens is 2. The molecule has 0 bridgehead atoms. The molecule has 2 aliphatic carbocycles. The number of fused-ring (bicyclic) bond motifs is 3. The van der Waals surface area contributed by atoms with E-state index in [0.717, 1.165) is 6.42 Å². The van der Waals surface area contributed by atoms with Gasteiger partial charge in [-0.25, -0.2) is 0 Å². The summed E-state index contributed by atoms with van der Waals surface area (Å²) in [6, 6.07) is 12.1. The van der Waals surface area contributed by atoms with Crippen molar-refractivity contribution >= 4 is 3.27 Å². The number of hydrogen-bond donors (Lipinski definition) is 0. The first-order valence-electron chi connectivity index (χ1n) is 10.9. The van der Waals surface area contributed by atoms with Crippen molar-refractivity contribution < 1.29 is 48.0 Å². The van der Waals surface area contributed by atoms with Gasteiger partial charge in [0.2, 0.25) is 0 Å². The standard InChI is InChI=1S/C21H25.C7H9.2ClH.Zr/c1-20(2,3)16-7-9-18-14(12-16)11-15-13-17(21(4,5)6)8-10-19(15)18;1-6-3-4-7(2)5-6;;;/h7-10,12H,11H2,1-6H3;3,5,7H,1-2H3;2*1H;/q;;;;+2/p-2. The van der Waals surface area contributed by atoms with Gasteiger partial charge in [-0.3, -0.25) is 0 Å². The van der Waals surface area contributed by atoms with Crippen LogP contribution in [0.2, 0.25) is 0 Å². The molecule has 0 radical (unpaired) electrons. The van der Waals surface area contributed by atoms with E-state index in [-0.39, 0.29) is 35.6 Å². The number of allylic oxidation sites excluding steroid dienone is 4. The van der Waals surface area contributed by atoms with Crippen LogP contribution in [0.1, 0.15) is 77.6 Å². The van der Waals surface area contributed by atoms with Gasteiger partial charge in [-0.05, 0) is 0 Å². The molecule has 0 saturated carbocycles. The zero-order valence-corrected chi connectivity index (χ0v) is 24.1. The Hall–Kier alpha value is -0.617. The molecule has 0 spiro atoms. The van der Waals surface area contributed by atoms with E-state index < -0.39 is 23.2 Å². The molecule has 0 fully saturated rings. The molecule has 2 aromatic carbocycles. The monoisotopic (exact) mass is 530 g/mol. The van der Waals surface area contributed by atoms with Crippen molar-refractivity contribution in [3.8, 4) is 11.1 Å². The van der Waals surface area contributed by atoms with Gasteiger partial charge in [-0.1, -0.05) is 0 Å². The summed E-state index contributed by atoms with van der Waals surface area (Å²) in [5.41, 5.74) is 11.0. The predicted octanol–water partition coefficient (Wildman–Crippen LogP) is 1.05. The Balaban J connectivity index is 0.00000171. The van der Waals surface area contributed by atoms with E-state index in [1.165, 1.54) is 27.8 Å². The molecule has 0 aliphatic heterocycles. The van der Waals surface area contributed by atoms with E-state index in [0.29, 0.717) is 5.92 Å². The van der Waals surface area contributed by atoms with Crippen LogP contribution in [0.3, 0.4) is 0 Å². The fraction of sp³-hybridized carbons (Fsp3) is 0.429. The number of hydrogen-bond acceptors (Lipinski definition) is 0. The van der Waals surface area contributed by atoms with Gasteiger partial charge >= 0.3 is 190 Å². The minimum Gasteiger partial charge on any atom is -1.00 e. The first-order chi connectivity index (χ1) is 13.4. The van der Waals surface area contributed by atoms with Crippen molar-refractivity contribution in [3.63, 3.8) is 0 Å². The number of benzene rings is 2. The molecule has 164 valence electrons. The summed E-state index contributed by atoms with van der Waals surface area (Å²) in [4.78, 5) is 0. The molecule has 2 aromatic rings. The van der Waals surface area contributed by atoms with Gasteiger partial charge < -0.3 is 24.8 Å². The van der Waals surface area contributed by atoms with Crippen LogP contribution in [-0.4, -0.2) is 0 Å². The van der Waals surface area contributed by atoms with Crippen molar-refractivity contribution in [1.29, 1.82) is 0 Å². The molecule has 0 heterocycles. The third kappa shape index (κ3) is 5.15. The topological polar surface area (TPSA) is 0 Å². The van der Waals surface area contributed by atoms with E-state index in [4.69, 9.17) is 0 Å². The van der Waals surface area contributed by atoms with E-state index in [2.05, 4.69) is 97.9 Å². The summed E-state index contributed by atoms with van der Waals surface area (Å²) in [6.07, 6.45) is 6.05. The molecule has 0 N–H and O–H groups in total. The van der Waals surface area contributed by atoms with Gasteiger partial charge in [0.25, 0.3) is 0 Å². The average Bonchev–Trinajstić information content (AvgIpc) is 3.12. The Labute approximate surface area is 213 Å². The van der Waals surface area contributed by atoms with Crippen molar-refractivity contribution in [2.75, 3.05) is 0 Å². The second-order valence-corrected chi connectivity index (χ2v) is 14.2. The van der Waals surface area contributed by atoms with Crippen molar-refractivity contribution in [2.24, 2.45) is 5.92 Å².